The molecule has 7 nitrogen and oxygen atoms in total. The number of ketones is 1. The predicted octanol–water partition coefficient (Wildman–Crippen LogP) is 2.85. The van der Waals surface area contributed by atoms with Gasteiger partial charge in [0.2, 0.25) is 15.8 Å². The summed E-state index contributed by atoms with van der Waals surface area (Å²) in [6.07, 6.45) is 2.08. The average molecular weight is 419 g/mol. The molecule has 1 aliphatic rings. The van der Waals surface area contributed by atoms with Crippen molar-refractivity contribution >= 4 is 21.8 Å². The molecule has 0 aliphatic carbocycles. The number of hydrogen-bond donors (Lipinski definition) is 0. The van der Waals surface area contributed by atoms with Crippen LogP contribution in [0.1, 0.15) is 51.7 Å². The SMILES string of the molecule is Cc1ccc(C)c(C(=O)[C@@H](C)OC(=O)c2cc(S(=O)(=O)N3CCCC3)cn2C)c1. The number of nitrogens with zero attached hydrogens (tertiary/aromatic N) is 2. The maximum atomic E-state index is 12.7. The van der Waals surface area contributed by atoms with E-state index in [0.29, 0.717) is 18.7 Å². The fraction of sp³-hybridized carbons (Fsp3) is 0.429. The summed E-state index contributed by atoms with van der Waals surface area (Å²) in [5.74, 6) is -1.03. The predicted molar refractivity (Wildman–Crippen MR) is 109 cm³/mol. The first-order valence-corrected chi connectivity index (χ1v) is 11.0. The molecular weight excluding hydrogens is 392 g/mol. The van der Waals surface area contributed by atoms with Gasteiger partial charge in [-0.1, -0.05) is 17.7 Å². The Kier molecular flexibility index (Phi) is 5.95. The van der Waals surface area contributed by atoms with Gasteiger partial charge >= 0.3 is 5.97 Å². The first kappa shape index (κ1) is 21.3. The molecule has 29 heavy (non-hydrogen) atoms. The van der Waals surface area contributed by atoms with Crippen LogP contribution in [0.3, 0.4) is 0 Å². The quantitative estimate of drug-likeness (QED) is 0.532. The molecule has 3 rings (SSSR count). The first-order valence-electron chi connectivity index (χ1n) is 9.60. The molecule has 1 atom stereocenters. The lowest BCUT2D eigenvalue weighted by Gasteiger charge is -2.14. The molecule has 1 aliphatic heterocycles. The molecule has 1 fully saturated rings. The van der Waals surface area contributed by atoms with Crippen LogP contribution in [0.4, 0.5) is 0 Å². The highest BCUT2D eigenvalue weighted by Gasteiger charge is 2.30. The Morgan fingerprint density at radius 3 is 2.41 bits per heavy atom. The summed E-state index contributed by atoms with van der Waals surface area (Å²) in [5, 5.41) is 0. The van der Waals surface area contributed by atoms with Gasteiger partial charge in [0.05, 0.1) is 0 Å². The Morgan fingerprint density at radius 2 is 1.76 bits per heavy atom. The molecule has 8 heteroatoms. The number of benzene rings is 1. The highest BCUT2D eigenvalue weighted by Crippen LogP contribution is 2.23. The van der Waals surface area contributed by atoms with Gasteiger partial charge in [0.25, 0.3) is 0 Å². The van der Waals surface area contributed by atoms with Crippen LogP contribution >= 0.6 is 0 Å². The number of carbonyl (C=O) groups excluding carboxylic acids is 2. The number of ether oxygens (including phenoxy) is 1. The molecule has 2 aromatic rings. The Hall–Kier alpha value is -2.45. The van der Waals surface area contributed by atoms with E-state index >= 15 is 0 Å². The van der Waals surface area contributed by atoms with E-state index in [0.717, 1.165) is 24.0 Å². The Bertz CT molecular complexity index is 1050. The topological polar surface area (TPSA) is 85.7 Å². The second kappa shape index (κ2) is 8.12. The van der Waals surface area contributed by atoms with Gasteiger partial charge in [-0.15, -0.1) is 0 Å². The third kappa shape index (κ3) is 4.28. The van der Waals surface area contributed by atoms with E-state index < -0.39 is 22.1 Å². The number of esters is 1. The molecule has 0 radical (unpaired) electrons. The molecule has 0 N–H and O–H groups in total. The van der Waals surface area contributed by atoms with Crippen LogP contribution in [0.5, 0.6) is 0 Å². The zero-order valence-electron chi connectivity index (χ0n) is 17.1. The lowest BCUT2D eigenvalue weighted by molar-refractivity contribution is 0.0309. The van der Waals surface area contributed by atoms with Crippen molar-refractivity contribution in [2.75, 3.05) is 13.1 Å². The van der Waals surface area contributed by atoms with Gasteiger partial charge < -0.3 is 9.30 Å². The van der Waals surface area contributed by atoms with Gasteiger partial charge in [0, 0.05) is 31.9 Å². The summed E-state index contributed by atoms with van der Waals surface area (Å²) in [5.41, 5.74) is 2.34. The van der Waals surface area contributed by atoms with Crippen molar-refractivity contribution in [2.24, 2.45) is 7.05 Å². The minimum Gasteiger partial charge on any atom is -0.450 e. The highest BCUT2D eigenvalue weighted by atomic mass is 32.2. The van der Waals surface area contributed by atoms with Gasteiger partial charge in [0.1, 0.15) is 10.6 Å². The normalized spacial score (nSPS) is 16.0. The molecule has 1 aromatic heterocycles. The molecule has 1 aromatic carbocycles. The molecule has 0 bridgehead atoms. The van der Waals surface area contributed by atoms with Gasteiger partial charge in [-0.25, -0.2) is 13.2 Å². The number of Topliss-reactive ketones (excluding diaryl/α,β-unsaturated/α-hetero) is 1. The third-order valence-electron chi connectivity index (χ3n) is 5.20. The largest absolute Gasteiger partial charge is 0.450 e. The molecule has 0 amide bonds. The smallest absolute Gasteiger partial charge is 0.355 e. The number of hydrogen-bond acceptors (Lipinski definition) is 5. The third-order valence-corrected chi connectivity index (χ3v) is 7.07. The van der Waals surface area contributed by atoms with Crippen LogP contribution in [0.2, 0.25) is 0 Å². The van der Waals surface area contributed by atoms with Crippen molar-refractivity contribution in [3.63, 3.8) is 0 Å². The standard InChI is InChI=1S/C21H26N2O5S/c1-14-7-8-15(2)18(11-14)20(24)16(3)28-21(25)19-12-17(13-22(19)4)29(26,27)23-9-5-6-10-23/h7-8,11-13,16H,5-6,9-10H2,1-4H3/t16-/m1/s1. The van der Waals surface area contributed by atoms with Crippen molar-refractivity contribution in [1.82, 2.24) is 8.87 Å². The molecule has 156 valence electrons. The van der Waals surface area contributed by atoms with Crippen molar-refractivity contribution in [2.45, 2.75) is 44.6 Å². The second-order valence-corrected chi connectivity index (χ2v) is 9.45. The van der Waals surface area contributed by atoms with Crippen LogP contribution in [-0.2, 0) is 21.8 Å². The van der Waals surface area contributed by atoms with Crippen molar-refractivity contribution in [1.29, 1.82) is 0 Å². The number of rotatable bonds is 6. The summed E-state index contributed by atoms with van der Waals surface area (Å²) in [6, 6.07) is 6.84. The van der Waals surface area contributed by atoms with Gasteiger partial charge in [-0.2, -0.15) is 4.31 Å². The monoisotopic (exact) mass is 418 g/mol. The minimum atomic E-state index is -3.63. The van der Waals surface area contributed by atoms with Crippen LogP contribution in [0.15, 0.2) is 35.4 Å². The van der Waals surface area contributed by atoms with E-state index in [2.05, 4.69) is 0 Å². The van der Waals surface area contributed by atoms with Crippen molar-refractivity contribution < 1.29 is 22.7 Å². The minimum absolute atomic E-state index is 0.0577. The summed E-state index contributed by atoms with van der Waals surface area (Å²) in [7, 11) is -2.05. The van der Waals surface area contributed by atoms with Gasteiger partial charge in [-0.3, -0.25) is 4.79 Å². The van der Waals surface area contributed by atoms with E-state index in [1.165, 1.54) is 28.1 Å². The zero-order chi connectivity index (χ0) is 21.3. The fourth-order valence-electron chi connectivity index (χ4n) is 3.45. The van der Waals surface area contributed by atoms with E-state index in [9.17, 15) is 18.0 Å². The fourth-order valence-corrected chi connectivity index (χ4v) is 5.04. The van der Waals surface area contributed by atoms with Crippen LogP contribution in [0, 0.1) is 13.8 Å². The van der Waals surface area contributed by atoms with E-state index in [1.54, 1.807) is 13.1 Å². The maximum Gasteiger partial charge on any atom is 0.355 e. The lowest BCUT2D eigenvalue weighted by atomic mass is 9.99. The van der Waals surface area contributed by atoms with Gasteiger partial charge in [0.15, 0.2) is 6.10 Å². The first-order chi connectivity index (χ1) is 13.6. The van der Waals surface area contributed by atoms with Crippen molar-refractivity contribution in [3.05, 3.63) is 52.8 Å². The lowest BCUT2D eigenvalue weighted by Crippen LogP contribution is -2.27. The maximum absolute atomic E-state index is 12.7. The van der Waals surface area contributed by atoms with E-state index in [1.807, 2.05) is 26.0 Å². The Morgan fingerprint density at radius 1 is 1.10 bits per heavy atom. The van der Waals surface area contributed by atoms with Crippen LogP contribution in [0.25, 0.3) is 0 Å². The average Bonchev–Trinajstić information content (AvgIpc) is 3.33. The van der Waals surface area contributed by atoms with E-state index in [4.69, 9.17) is 4.74 Å². The van der Waals surface area contributed by atoms with Gasteiger partial charge in [-0.05, 0) is 51.3 Å². The Balaban J connectivity index is 1.78. The summed E-state index contributed by atoms with van der Waals surface area (Å²) >= 11 is 0. The van der Waals surface area contributed by atoms with Crippen LogP contribution < -0.4 is 0 Å². The Labute approximate surface area is 171 Å². The summed E-state index contributed by atoms with van der Waals surface area (Å²) in [4.78, 5) is 25.4. The highest BCUT2D eigenvalue weighted by molar-refractivity contribution is 7.89. The number of aromatic nitrogens is 1. The molecule has 1 saturated heterocycles. The molecular formula is C21H26N2O5S. The summed E-state index contributed by atoms with van der Waals surface area (Å²) in [6.45, 7) is 6.21. The van der Waals surface area contributed by atoms with Crippen LogP contribution in [-0.4, -0.2) is 48.2 Å². The molecule has 2 heterocycles. The molecule has 0 spiro atoms. The molecule has 0 unspecified atom stereocenters. The summed E-state index contributed by atoms with van der Waals surface area (Å²) < 4.78 is 33.6. The number of aryl methyl sites for hydroxylation is 3. The number of carbonyl (C=O) groups is 2. The van der Waals surface area contributed by atoms with Crippen molar-refractivity contribution in [3.8, 4) is 0 Å². The van der Waals surface area contributed by atoms with E-state index in [-0.39, 0.29) is 16.4 Å². The second-order valence-electron chi connectivity index (χ2n) is 7.51. The molecule has 0 saturated carbocycles. The zero-order valence-corrected chi connectivity index (χ0v) is 18.0. The number of sulfonamides is 1.